The number of carbonyl (C=O) groups excluding carboxylic acids is 1. The van der Waals surface area contributed by atoms with E-state index in [1.54, 1.807) is 7.05 Å². The van der Waals surface area contributed by atoms with Crippen LogP contribution in [0, 0.1) is 0 Å². The maximum absolute atomic E-state index is 12.5. The van der Waals surface area contributed by atoms with Crippen LogP contribution in [0.3, 0.4) is 0 Å². The molecular formula is C22H29N5O2. The molecule has 7 nitrogen and oxygen atoms in total. The number of guanidine groups is 1. The number of nitrogens with zero attached hydrogens (tertiary/aromatic N) is 4. The van der Waals surface area contributed by atoms with Crippen molar-refractivity contribution in [3.05, 3.63) is 42.1 Å². The minimum absolute atomic E-state index is 0.146. The van der Waals surface area contributed by atoms with Gasteiger partial charge >= 0.3 is 0 Å². The Bertz CT molecular complexity index is 870. The molecule has 4 rings (SSSR count). The highest BCUT2D eigenvalue weighted by Gasteiger charge is 2.30. The molecule has 0 saturated carbocycles. The summed E-state index contributed by atoms with van der Waals surface area (Å²) < 4.78 is 5.54. The van der Waals surface area contributed by atoms with E-state index in [2.05, 4.69) is 33.4 Å². The van der Waals surface area contributed by atoms with E-state index in [-0.39, 0.29) is 12.0 Å². The number of rotatable bonds is 4. The molecule has 1 N–H and O–H groups in total. The molecule has 3 heterocycles. The van der Waals surface area contributed by atoms with Crippen molar-refractivity contribution in [2.75, 3.05) is 46.4 Å². The quantitative estimate of drug-likeness (QED) is 0.630. The summed E-state index contributed by atoms with van der Waals surface area (Å²) in [5, 5.41) is 4.61. The number of aliphatic imine (C=N–C) groups is 1. The summed E-state index contributed by atoms with van der Waals surface area (Å²) in [4.78, 5) is 25.8. The predicted molar refractivity (Wildman–Crippen MR) is 114 cm³/mol. The van der Waals surface area contributed by atoms with Crippen LogP contribution in [0.2, 0.25) is 0 Å². The Morgan fingerprint density at radius 2 is 1.97 bits per heavy atom. The van der Waals surface area contributed by atoms with E-state index in [0.29, 0.717) is 19.7 Å². The maximum atomic E-state index is 12.5. The molecule has 29 heavy (non-hydrogen) atoms. The minimum atomic E-state index is -0.228. The van der Waals surface area contributed by atoms with Gasteiger partial charge in [0, 0.05) is 63.9 Å². The van der Waals surface area contributed by atoms with E-state index in [1.807, 2.05) is 23.1 Å². The van der Waals surface area contributed by atoms with Gasteiger partial charge in [-0.25, -0.2) is 0 Å². The largest absolute Gasteiger partial charge is 0.368 e. The first-order valence-electron chi connectivity index (χ1n) is 10.5. The molecule has 1 atom stereocenters. The second-order valence-corrected chi connectivity index (χ2v) is 7.53. The van der Waals surface area contributed by atoms with Gasteiger partial charge in [0.15, 0.2) is 5.96 Å². The van der Waals surface area contributed by atoms with Gasteiger partial charge in [0.2, 0.25) is 0 Å². The number of pyridine rings is 1. The van der Waals surface area contributed by atoms with Crippen LogP contribution >= 0.6 is 0 Å². The van der Waals surface area contributed by atoms with Gasteiger partial charge in [0.05, 0.1) is 5.52 Å². The van der Waals surface area contributed by atoms with Crippen LogP contribution in [0.4, 0.5) is 0 Å². The van der Waals surface area contributed by atoms with Gasteiger partial charge in [-0.2, -0.15) is 0 Å². The zero-order valence-electron chi connectivity index (χ0n) is 17.0. The molecule has 1 amide bonds. The van der Waals surface area contributed by atoms with Gasteiger partial charge in [-0.05, 0) is 25.0 Å². The number of piperazine rings is 1. The topological polar surface area (TPSA) is 70.1 Å². The van der Waals surface area contributed by atoms with Crippen LogP contribution in [-0.2, 0) is 16.0 Å². The van der Waals surface area contributed by atoms with E-state index < -0.39 is 0 Å². The molecular weight excluding hydrogens is 366 g/mol. The fourth-order valence-electron chi connectivity index (χ4n) is 4.00. The standard InChI is InChI=1S/C22H29N5O2/c1-23-22(24-11-10-18-9-8-17-5-2-3-6-19(17)25-18)27-14-12-26(13-15-27)21(28)20-7-4-16-29-20/h2-3,5-6,8-9,20H,4,7,10-16H2,1H3,(H,23,24). The van der Waals surface area contributed by atoms with Crippen LogP contribution in [0.15, 0.2) is 41.4 Å². The third-order valence-electron chi connectivity index (χ3n) is 5.63. The lowest BCUT2D eigenvalue weighted by atomic mass is 10.2. The van der Waals surface area contributed by atoms with Gasteiger partial charge in [-0.3, -0.25) is 14.8 Å². The molecule has 2 aromatic rings. The summed E-state index contributed by atoms with van der Waals surface area (Å²) in [7, 11) is 1.81. The van der Waals surface area contributed by atoms with Crippen molar-refractivity contribution < 1.29 is 9.53 Å². The predicted octanol–water partition coefficient (Wildman–Crippen LogP) is 1.68. The van der Waals surface area contributed by atoms with E-state index in [9.17, 15) is 4.79 Å². The normalized spacial score (nSPS) is 20.3. The molecule has 2 saturated heterocycles. The van der Waals surface area contributed by atoms with Crippen molar-refractivity contribution in [3.8, 4) is 0 Å². The third kappa shape index (κ3) is 4.67. The SMILES string of the molecule is CN=C(NCCc1ccc2ccccc2n1)N1CCN(C(=O)C2CCCO2)CC1. The average molecular weight is 396 g/mol. The number of ether oxygens (including phenoxy) is 1. The molecule has 2 aliphatic rings. The maximum Gasteiger partial charge on any atom is 0.251 e. The first-order valence-corrected chi connectivity index (χ1v) is 10.5. The summed E-state index contributed by atoms with van der Waals surface area (Å²) >= 11 is 0. The highest BCUT2D eigenvalue weighted by atomic mass is 16.5. The fraction of sp³-hybridized carbons (Fsp3) is 0.500. The van der Waals surface area contributed by atoms with Crippen molar-refractivity contribution in [3.63, 3.8) is 0 Å². The second-order valence-electron chi connectivity index (χ2n) is 7.53. The van der Waals surface area contributed by atoms with Crippen LogP contribution in [0.1, 0.15) is 18.5 Å². The van der Waals surface area contributed by atoms with Crippen molar-refractivity contribution in [1.29, 1.82) is 0 Å². The molecule has 0 aliphatic carbocycles. The first-order chi connectivity index (χ1) is 14.2. The number of hydrogen-bond acceptors (Lipinski definition) is 4. The van der Waals surface area contributed by atoms with Gasteiger partial charge < -0.3 is 19.9 Å². The lowest BCUT2D eigenvalue weighted by Crippen LogP contribution is -2.55. The molecule has 7 heteroatoms. The zero-order valence-corrected chi connectivity index (χ0v) is 17.0. The second kappa shape index (κ2) is 9.22. The van der Waals surface area contributed by atoms with E-state index in [0.717, 1.165) is 61.5 Å². The summed E-state index contributed by atoms with van der Waals surface area (Å²) in [6, 6.07) is 12.4. The Labute approximate surface area is 171 Å². The van der Waals surface area contributed by atoms with Gasteiger partial charge in [-0.15, -0.1) is 0 Å². The highest BCUT2D eigenvalue weighted by Crippen LogP contribution is 2.16. The van der Waals surface area contributed by atoms with Gasteiger partial charge in [0.25, 0.3) is 5.91 Å². The van der Waals surface area contributed by atoms with Gasteiger partial charge in [-0.1, -0.05) is 24.3 Å². The van der Waals surface area contributed by atoms with Crippen LogP contribution < -0.4 is 5.32 Å². The number of aromatic nitrogens is 1. The molecule has 2 fully saturated rings. The molecule has 154 valence electrons. The van der Waals surface area contributed by atoms with Gasteiger partial charge in [0.1, 0.15) is 6.10 Å². The van der Waals surface area contributed by atoms with Crippen molar-refractivity contribution >= 4 is 22.8 Å². The number of para-hydroxylation sites is 1. The number of fused-ring (bicyclic) bond motifs is 1. The molecule has 2 aliphatic heterocycles. The smallest absolute Gasteiger partial charge is 0.251 e. The molecule has 0 radical (unpaired) electrons. The number of amides is 1. The summed E-state index contributed by atoms with van der Waals surface area (Å²) in [5.41, 5.74) is 2.10. The Kier molecular flexibility index (Phi) is 6.24. The monoisotopic (exact) mass is 395 g/mol. The van der Waals surface area contributed by atoms with Crippen molar-refractivity contribution in [2.24, 2.45) is 4.99 Å². The Hall–Kier alpha value is -2.67. The average Bonchev–Trinajstić information content (AvgIpc) is 3.31. The summed E-state index contributed by atoms with van der Waals surface area (Å²) in [5.74, 6) is 1.03. The van der Waals surface area contributed by atoms with Crippen molar-refractivity contribution in [1.82, 2.24) is 20.1 Å². The van der Waals surface area contributed by atoms with E-state index >= 15 is 0 Å². The molecule has 1 aromatic carbocycles. The highest BCUT2D eigenvalue weighted by molar-refractivity contribution is 5.83. The summed E-state index contributed by atoms with van der Waals surface area (Å²) in [6.45, 7) is 4.47. The Morgan fingerprint density at radius 3 is 2.72 bits per heavy atom. The Balaban J connectivity index is 1.25. The molecule has 1 aromatic heterocycles. The van der Waals surface area contributed by atoms with Crippen molar-refractivity contribution in [2.45, 2.75) is 25.4 Å². The number of hydrogen-bond donors (Lipinski definition) is 1. The van der Waals surface area contributed by atoms with Crippen LogP contribution in [0.5, 0.6) is 0 Å². The minimum Gasteiger partial charge on any atom is -0.368 e. The van der Waals surface area contributed by atoms with Crippen LogP contribution in [-0.4, -0.2) is 79.1 Å². The number of nitrogens with one attached hydrogen (secondary N) is 1. The summed E-state index contributed by atoms with van der Waals surface area (Å²) in [6.07, 6.45) is 2.44. The van der Waals surface area contributed by atoms with Crippen LogP contribution in [0.25, 0.3) is 10.9 Å². The molecule has 0 spiro atoms. The molecule has 1 unspecified atom stereocenters. The van der Waals surface area contributed by atoms with E-state index in [4.69, 9.17) is 9.72 Å². The number of benzene rings is 1. The van der Waals surface area contributed by atoms with E-state index in [1.165, 1.54) is 0 Å². The number of carbonyl (C=O) groups is 1. The fourth-order valence-corrected chi connectivity index (χ4v) is 4.00. The third-order valence-corrected chi connectivity index (χ3v) is 5.63. The molecule has 0 bridgehead atoms. The lowest BCUT2D eigenvalue weighted by Gasteiger charge is -2.37. The Morgan fingerprint density at radius 1 is 1.17 bits per heavy atom. The lowest BCUT2D eigenvalue weighted by molar-refractivity contribution is -0.142. The first kappa shape index (κ1) is 19.6. The zero-order chi connectivity index (χ0) is 20.1.